The van der Waals surface area contributed by atoms with Gasteiger partial charge in [-0.15, -0.1) is 5.10 Å². The van der Waals surface area contributed by atoms with Gasteiger partial charge in [0, 0.05) is 11.3 Å². The van der Waals surface area contributed by atoms with Gasteiger partial charge < -0.3 is 10.2 Å². The number of hydrogen-bond donors (Lipinski definition) is 2. The maximum atomic E-state index is 11.2. The molecule has 0 radical (unpaired) electrons. The summed E-state index contributed by atoms with van der Waals surface area (Å²) in [7, 11) is 0. The van der Waals surface area contributed by atoms with Crippen molar-refractivity contribution >= 4 is 16.8 Å². The van der Waals surface area contributed by atoms with Gasteiger partial charge in [-0.25, -0.2) is 9.48 Å². The van der Waals surface area contributed by atoms with Crippen molar-refractivity contribution in [3.63, 3.8) is 0 Å². The molecular weight excluding hydrogens is 294 g/mol. The van der Waals surface area contributed by atoms with Gasteiger partial charge in [-0.2, -0.15) is 0 Å². The zero-order chi connectivity index (χ0) is 16.0. The highest BCUT2D eigenvalue weighted by Crippen LogP contribution is 2.23. The van der Waals surface area contributed by atoms with Crippen molar-refractivity contribution in [1.82, 2.24) is 20.0 Å². The minimum atomic E-state index is -0.476. The normalized spacial score (nSPS) is 11.2. The minimum absolute atomic E-state index is 0.476. The number of aromatic nitrogens is 4. The number of nitrogens with two attached hydrogens (primary N) is 1. The molecule has 0 aliphatic rings. The van der Waals surface area contributed by atoms with Crippen LogP contribution in [0.5, 0.6) is 0 Å². The van der Waals surface area contributed by atoms with E-state index in [9.17, 15) is 4.79 Å². The topological polar surface area (TPSA) is 103 Å². The molecule has 0 spiro atoms. The number of rotatable bonds is 2. The second kappa shape index (κ2) is 4.84. The number of nitrogens with zero attached hydrogens (tertiary/aromatic N) is 3. The van der Waals surface area contributed by atoms with Gasteiger partial charge in [0.25, 0.3) is 0 Å². The van der Waals surface area contributed by atoms with E-state index in [1.54, 1.807) is 16.8 Å². The number of hydrogen-bond acceptors (Lipinski definition) is 5. The Labute approximate surface area is 130 Å². The average Bonchev–Trinajstić information content (AvgIpc) is 3.14. The Morgan fingerprint density at radius 1 is 1.22 bits per heavy atom. The molecule has 0 fully saturated rings. The molecule has 0 atom stereocenters. The van der Waals surface area contributed by atoms with Gasteiger partial charge in [-0.3, -0.25) is 4.98 Å². The Hall–Kier alpha value is -3.35. The molecule has 0 unspecified atom stereocenters. The van der Waals surface area contributed by atoms with Crippen LogP contribution in [0.25, 0.3) is 28.0 Å². The van der Waals surface area contributed by atoms with Gasteiger partial charge in [-0.05, 0) is 36.8 Å². The maximum absolute atomic E-state index is 11.2. The Kier molecular flexibility index (Phi) is 2.80. The average molecular weight is 307 g/mol. The van der Waals surface area contributed by atoms with Crippen LogP contribution in [-0.2, 0) is 0 Å². The van der Waals surface area contributed by atoms with E-state index < -0.39 is 5.76 Å². The van der Waals surface area contributed by atoms with Crippen LogP contribution in [-0.4, -0.2) is 20.0 Å². The summed E-state index contributed by atoms with van der Waals surface area (Å²) >= 11 is 0. The van der Waals surface area contributed by atoms with Crippen molar-refractivity contribution in [3.05, 3.63) is 58.7 Å². The molecule has 3 N–H and O–H groups in total. The molecule has 0 saturated carbocycles. The number of nitrogen functional groups attached to an aromatic ring is 1. The van der Waals surface area contributed by atoms with E-state index in [0.29, 0.717) is 22.5 Å². The molecule has 0 saturated heterocycles. The summed E-state index contributed by atoms with van der Waals surface area (Å²) < 4.78 is 6.75. The number of H-pyrrole nitrogens is 1. The molecule has 0 amide bonds. The zero-order valence-corrected chi connectivity index (χ0v) is 12.3. The lowest BCUT2D eigenvalue weighted by Crippen LogP contribution is -1.99. The molecule has 0 aliphatic carbocycles. The molecule has 114 valence electrons. The smallest absolute Gasteiger partial charge is 0.408 e. The number of nitrogens with one attached hydrogen (secondary N) is 1. The van der Waals surface area contributed by atoms with Gasteiger partial charge in [-0.1, -0.05) is 17.3 Å². The number of anilines is 1. The number of fused-ring (bicyclic) bond motifs is 1. The summed E-state index contributed by atoms with van der Waals surface area (Å²) in [4.78, 5) is 13.8. The molecule has 2 aromatic carbocycles. The molecule has 2 aromatic heterocycles. The fourth-order valence-electron chi connectivity index (χ4n) is 2.49. The molecule has 4 aromatic rings. The van der Waals surface area contributed by atoms with Crippen molar-refractivity contribution < 1.29 is 4.42 Å². The molecule has 4 rings (SSSR count). The van der Waals surface area contributed by atoms with E-state index in [1.807, 2.05) is 37.4 Å². The number of aromatic amines is 1. The zero-order valence-electron chi connectivity index (χ0n) is 12.3. The quantitative estimate of drug-likeness (QED) is 0.553. The molecule has 7 heteroatoms. The van der Waals surface area contributed by atoms with E-state index in [0.717, 1.165) is 16.8 Å². The molecule has 7 nitrogen and oxygen atoms in total. The summed E-state index contributed by atoms with van der Waals surface area (Å²) in [5, 5.41) is 8.35. The van der Waals surface area contributed by atoms with Gasteiger partial charge in [0.2, 0.25) is 0 Å². The predicted molar refractivity (Wildman–Crippen MR) is 86.3 cm³/mol. The van der Waals surface area contributed by atoms with E-state index in [1.165, 1.54) is 0 Å². The Bertz CT molecular complexity index is 1070. The second-order valence-electron chi connectivity index (χ2n) is 5.32. The highest BCUT2D eigenvalue weighted by atomic mass is 16.4. The third-order valence-corrected chi connectivity index (χ3v) is 3.69. The largest absolute Gasteiger partial charge is 0.417 e. The Balaban J connectivity index is 1.79. The van der Waals surface area contributed by atoms with Crippen molar-refractivity contribution in [2.45, 2.75) is 6.92 Å². The summed E-state index contributed by atoms with van der Waals surface area (Å²) in [6.07, 6.45) is 1.81. The minimum Gasteiger partial charge on any atom is -0.408 e. The summed E-state index contributed by atoms with van der Waals surface area (Å²) in [5.41, 5.74) is 11.1. The Morgan fingerprint density at radius 3 is 2.96 bits per heavy atom. The van der Waals surface area contributed by atoms with Crippen LogP contribution in [0.1, 0.15) is 5.56 Å². The molecule has 0 bridgehead atoms. The Morgan fingerprint density at radius 2 is 2.09 bits per heavy atom. The van der Waals surface area contributed by atoms with E-state index in [-0.39, 0.29) is 0 Å². The van der Waals surface area contributed by atoms with Crippen molar-refractivity contribution in [2.24, 2.45) is 0 Å². The fraction of sp³-hybridized carbons (Fsp3) is 0.0625. The maximum Gasteiger partial charge on any atom is 0.417 e. The van der Waals surface area contributed by atoms with Gasteiger partial charge in [0.05, 0.1) is 17.4 Å². The van der Waals surface area contributed by atoms with E-state index in [4.69, 9.17) is 10.2 Å². The third-order valence-electron chi connectivity index (χ3n) is 3.69. The fourth-order valence-corrected chi connectivity index (χ4v) is 2.49. The van der Waals surface area contributed by atoms with E-state index in [2.05, 4.69) is 15.3 Å². The lowest BCUT2D eigenvalue weighted by Gasteiger charge is -2.05. The SMILES string of the molecule is Cc1ccc(N)cc1-n1cc(-c2ccc3[nH]c(=O)oc3c2)nn1. The molecule has 23 heavy (non-hydrogen) atoms. The van der Waals surface area contributed by atoms with Crippen LogP contribution in [0, 0.1) is 6.92 Å². The number of oxazole rings is 1. The van der Waals surface area contributed by atoms with Gasteiger partial charge in [0.1, 0.15) is 5.69 Å². The summed E-state index contributed by atoms with van der Waals surface area (Å²) in [6.45, 7) is 1.98. The first kappa shape index (κ1) is 13.3. The van der Waals surface area contributed by atoms with Crippen LogP contribution in [0.4, 0.5) is 5.69 Å². The van der Waals surface area contributed by atoms with Crippen LogP contribution in [0.2, 0.25) is 0 Å². The first-order valence-electron chi connectivity index (χ1n) is 7.02. The standard InChI is InChI=1S/C16H13N5O2/c1-9-2-4-11(17)7-14(9)21-8-13(19-20-21)10-3-5-12-15(6-10)23-16(22)18-12/h2-8H,17H2,1H3,(H,18,22). The van der Waals surface area contributed by atoms with Crippen molar-refractivity contribution in [2.75, 3.05) is 5.73 Å². The van der Waals surface area contributed by atoms with Crippen LogP contribution in [0.3, 0.4) is 0 Å². The second-order valence-corrected chi connectivity index (χ2v) is 5.32. The first-order valence-corrected chi connectivity index (χ1v) is 7.02. The number of benzene rings is 2. The van der Waals surface area contributed by atoms with Crippen molar-refractivity contribution in [3.8, 4) is 16.9 Å². The molecular formula is C16H13N5O2. The lowest BCUT2D eigenvalue weighted by molar-refractivity contribution is 0.555. The van der Waals surface area contributed by atoms with Crippen LogP contribution < -0.4 is 11.5 Å². The highest BCUT2D eigenvalue weighted by molar-refractivity contribution is 5.78. The third kappa shape index (κ3) is 2.28. The van der Waals surface area contributed by atoms with Crippen LogP contribution in [0.15, 0.2) is 51.8 Å². The summed E-state index contributed by atoms with van der Waals surface area (Å²) in [6, 6.07) is 11.0. The summed E-state index contributed by atoms with van der Waals surface area (Å²) in [5.74, 6) is -0.476. The predicted octanol–water partition coefficient (Wildman–Crippen LogP) is 2.26. The number of aryl methyl sites for hydroxylation is 1. The van der Waals surface area contributed by atoms with Crippen molar-refractivity contribution in [1.29, 1.82) is 0 Å². The highest BCUT2D eigenvalue weighted by Gasteiger charge is 2.10. The van der Waals surface area contributed by atoms with Gasteiger partial charge in [0.15, 0.2) is 5.58 Å². The lowest BCUT2D eigenvalue weighted by atomic mass is 10.1. The van der Waals surface area contributed by atoms with Crippen LogP contribution >= 0.6 is 0 Å². The molecule has 0 aliphatic heterocycles. The molecule has 2 heterocycles. The monoisotopic (exact) mass is 307 g/mol. The van der Waals surface area contributed by atoms with E-state index >= 15 is 0 Å². The van der Waals surface area contributed by atoms with Gasteiger partial charge >= 0.3 is 5.76 Å². The first-order chi connectivity index (χ1) is 11.1.